The van der Waals surface area contributed by atoms with Gasteiger partial charge < -0.3 is 60.4 Å². The number of H-pyrrole nitrogens is 1. The fraction of sp³-hybridized carbons (Fsp3) is 0.762. The Balaban J connectivity index is 0.000000569. The number of hydrogen-bond acceptors (Lipinski definition) is 15. The first-order valence-electron chi connectivity index (χ1n) is 31.2. The van der Waals surface area contributed by atoms with Crippen LogP contribution in [-0.2, 0) is 68.5 Å². The number of rotatable bonds is 38. The minimum Gasteiger partial charge on any atom is -0.480 e. The van der Waals surface area contributed by atoms with Gasteiger partial charge in [-0.15, -0.1) is 0 Å². The molecular formula is C63H110N8O14. The zero-order valence-electron chi connectivity index (χ0n) is 54.0. The number of benzene rings is 1. The van der Waals surface area contributed by atoms with Crippen molar-refractivity contribution in [3.05, 3.63) is 36.0 Å². The summed E-state index contributed by atoms with van der Waals surface area (Å²) in [5.41, 5.74) is 7.34. The van der Waals surface area contributed by atoms with Gasteiger partial charge in [-0.2, -0.15) is 0 Å². The number of aromatic nitrogens is 1. The van der Waals surface area contributed by atoms with Crippen LogP contribution in [0, 0.1) is 29.6 Å². The number of Topliss-reactive ketones (excluding diaryl/α,β-unsaturated/α-hetero) is 1. The lowest BCUT2D eigenvalue weighted by atomic mass is 9.87. The number of carbonyl (C=O) groups is 7. The molecule has 5 amide bonds. The average molecular weight is 1200 g/mol. The molecule has 4 rings (SSSR count). The Morgan fingerprint density at radius 1 is 0.835 bits per heavy atom. The van der Waals surface area contributed by atoms with Crippen molar-refractivity contribution in [2.45, 2.75) is 189 Å². The van der Waals surface area contributed by atoms with Gasteiger partial charge in [0.25, 0.3) is 5.91 Å². The van der Waals surface area contributed by atoms with Gasteiger partial charge in [-0.25, -0.2) is 5.06 Å². The van der Waals surface area contributed by atoms with Crippen molar-refractivity contribution < 1.29 is 67.2 Å². The number of ether oxygens (including phenoxy) is 5. The number of unbranched alkanes of at least 4 members (excludes halogenated alkanes) is 1. The maximum atomic E-state index is 13.9. The Labute approximate surface area is 507 Å². The summed E-state index contributed by atoms with van der Waals surface area (Å²) in [5, 5.41) is 19.8. The van der Waals surface area contributed by atoms with Gasteiger partial charge in [0.05, 0.1) is 88.9 Å². The second-order valence-electron chi connectivity index (χ2n) is 23.0. The quantitative estimate of drug-likeness (QED) is 0.0402. The van der Waals surface area contributed by atoms with E-state index in [-0.39, 0.29) is 84.3 Å². The zero-order chi connectivity index (χ0) is 63.6. The number of hydrogen-bond donors (Lipinski definition) is 6. The van der Waals surface area contributed by atoms with Crippen molar-refractivity contribution in [3.8, 4) is 0 Å². The number of carboxylic acids is 1. The van der Waals surface area contributed by atoms with E-state index < -0.39 is 36.1 Å². The topological polar surface area (TPSA) is 283 Å². The van der Waals surface area contributed by atoms with Crippen LogP contribution in [0.1, 0.15) is 146 Å². The molecule has 85 heavy (non-hydrogen) atoms. The first-order valence-corrected chi connectivity index (χ1v) is 31.2. The van der Waals surface area contributed by atoms with Crippen molar-refractivity contribution in [3.63, 3.8) is 0 Å². The summed E-state index contributed by atoms with van der Waals surface area (Å²) in [6.07, 6.45) is 8.12. The van der Waals surface area contributed by atoms with Crippen LogP contribution in [0.2, 0.25) is 0 Å². The van der Waals surface area contributed by atoms with Crippen LogP contribution >= 0.6 is 0 Å². The van der Waals surface area contributed by atoms with Crippen molar-refractivity contribution in [2.75, 3.05) is 93.7 Å². The van der Waals surface area contributed by atoms with E-state index >= 15 is 0 Å². The number of nitrogens with two attached hydrogens (primary N) is 1. The van der Waals surface area contributed by atoms with Gasteiger partial charge >= 0.3 is 5.97 Å². The van der Waals surface area contributed by atoms with Crippen molar-refractivity contribution >= 4 is 52.2 Å². The average Bonchev–Trinajstić information content (AvgIpc) is 3.21. The number of likely N-dealkylation sites (tertiary alicyclic amines) is 1. The molecule has 22 nitrogen and oxygen atoms in total. The summed E-state index contributed by atoms with van der Waals surface area (Å²) < 4.78 is 28.2. The summed E-state index contributed by atoms with van der Waals surface area (Å²) >= 11 is 0. The molecule has 2 aliphatic heterocycles. The summed E-state index contributed by atoms with van der Waals surface area (Å²) in [6.45, 7) is 26.5. The number of fused-ring (bicyclic) bond motifs is 1. The molecule has 0 spiro atoms. The van der Waals surface area contributed by atoms with E-state index in [1.807, 2.05) is 95.8 Å². The largest absolute Gasteiger partial charge is 0.480 e. The molecule has 7 N–H and O–H groups in total. The maximum Gasteiger partial charge on any atom is 0.320 e. The Hall–Kier alpha value is -5.07. The lowest BCUT2D eigenvalue weighted by Gasteiger charge is -2.36. The normalized spacial score (nSPS) is 17.6. The van der Waals surface area contributed by atoms with E-state index in [2.05, 4.69) is 41.7 Å². The van der Waals surface area contributed by atoms with Gasteiger partial charge in [0.1, 0.15) is 12.1 Å². The van der Waals surface area contributed by atoms with Gasteiger partial charge in [-0.3, -0.25) is 43.3 Å². The number of carboxylic acid groups (broad SMARTS) is 1. The predicted octanol–water partition coefficient (Wildman–Crippen LogP) is 6.32. The molecule has 0 bridgehead atoms. The highest BCUT2D eigenvalue weighted by molar-refractivity contribution is 5.91. The molecular weight excluding hydrogens is 1090 g/mol. The van der Waals surface area contributed by atoms with Crippen LogP contribution in [0.5, 0.6) is 0 Å². The summed E-state index contributed by atoms with van der Waals surface area (Å²) in [4.78, 5) is 101. The SMILES string of the molecule is CC.CC(=O)[C@@H](NC(=O)C(C(C)C)N(C)CCOCCOCCOCCC(=O)NCCCCC(N)C(=O)O)C(C)C.CCC(C)[C@H](C)[C@@H](CC(=O)N1CCCC1C(OC)C(C)C(=O)N[C@@H](Cc1c[nH]c2ccccc12)C(=O)N1CCCCO1)OC. The smallest absolute Gasteiger partial charge is 0.320 e. The number of carbonyl (C=O) groups excluding carboxylic acids is 6. The van der Waals surface area contributed by atoms with Crippen LogP contribution in [0.15, 0.2) is 30.5 Å². The number of ketones is 1. The molecule has 2 aromatic rings. The molecule has 1 aromatic carbocycles. The van der Waals surface area contributed by atoms with Gasteiger partial charge in [-0.1, -0.05) is 93.9 Å². The Morgan fingerprint density at radius 3 is 2.08 bits per heavy atom. The first kappa shape index (κ1) is 76.0. The number of methoxy groups -OCH3 is 2. The first-order chi connectivity index (χ1) is 40.6. The molecule has 2 saturated heterocycles. The van der Waals surface area contributed by atoms with Crippen LogP contribution in [-0.4, -0.2) is 202 Å². The molecule has 3 heterocycles. The number of hydroxylamine groups is 2. The van der Waals surface area contributed by atoms with Gasteiger partial charge in [-0.05, 0) is 94.2 Å². The molecule has 10 atom stereocenters. The molecule has 2 aliphatic rings. The predicted molar refractivity (Wildman–Crippen MR) is 329 cm³/mol. The van der Waals surface area contributed by atoms with Gasteiger partial charge in [0.15, 0.2) is 5.78 Å². The minimum atomic E-state index is -1.01. The van der Waals surface area contributed by atoms with Gasteiger partial charge in [0.2, 0.25) is 23.6 Å². The summed E-state index contributed by atoms with van der Waals surface area (Å²) in [5.74, 6) is -1.68. The number of nitrogens with zero attached hydrogens (tertiary/aromatic N) is 3. The van der Waals surface area contributed by atoms with Crippen molar-refractivity contribution in [1.29, 1.82) is 0 Å². The maximum absolute atomic E-state index is 13.9. The highest BCUT2D eigenvalue weighted by Crippen LogP contribution is 2.30. The highest BCUT2D eigenvalue weighted by atomic mass is 16.7. The number of aliphatic carboxylic acids is 1. The molecule has 0 radical (unpaired) electrons. The van der Waals surface area contributed by atoms with E-state index in [4.69, 9.17) is 39.4 Å². The standard InChI is InChI=1S/C34H52N4O6.C27H52N4O8.C2H6/c1-7-22(2)23(3)30(42-5)20-31(39)37-16-12-15-29(37)32(43-6)24(4)33(40)36-28(34(41)38-17-10-11-18-44-38)19-25-21-35-27-14-9-8-13-26(25)27;1-19(2)24(21(5)32)30-26(34)25(20(3)4)31(6)12-14-38-16-18-39-17-15-37-13-10-23(33)29-11-8-7-9-22(28)27(35)36;1-2/h8-9,13-14,21-24,28-30,32,35H,7,10-12,15-20H2,1-6H3,(H,36,40);19-20,22,24-25H,7-18,28H2,1-6H3,(H,29,33)(H,30,34)(H,35,36);1-2H3/t22?,23-,24?,28-,29?,30+,32?;22?,24-,25?;/m00./s1. The van der Waals surface area contributed by atoms with Crippen LogP contribution < -0.4 is 21.7 Å². The highest BCUT2D eigenvalue weighted by Gasteiger charge is 2.42. The Morgan fingerprint density at radius 2 is 1.49 bits per heavy atom. The fourth-order valence-electron chi connectivity index (χ4n) is 10.7. The monoisotopic (exact) mass is 1200 g/mol. The number of aromatic amines is 1. The minimum absolute atomic E-state index is 0.0256. The molecule has 22 heteroatoms. The summed E-state index contributed by atoms with van der Waals surface area (Å²) in [6, 6.07) is 5.15. The zero-order valence-corrected chi connectivity index (χ0v) is 54.0. The van der Waals surface area contributed by atoms with Crippen LogP contribution in [0.4, 0.5) is 0 Å². The number of likely N-dealkylation sites (N-methyl/N-ethyl adjacent to an activating group) is 1. The third-order valence-corrected chi connectivity index (χ3v) is 16.1. The summed E-state index contributed by atoms with van der Waals surface area (Å²) in [7, 11) is 5.14. The number of para-hydroxylation sites is 1. The molecule has 6 unspecified atom stereocenters. The van der Waals surface area contributed by atoms with E-state index in [0.29, 0.717) is 104 Å². The number of amides is 5. The molecule has 486 valence electrons. The van der Waals surface area contributed by atoms with E-state index in [1.54, 1.807) is 14.2 Å². The van der Waals surface area contributed by atoms with Crippen LogP contribution in [0.3, 0.4) is 0 Å². The Bertz CT molecular complexity index is 2260. The van der Waals surface area contributed by atoms with E-state index in [0.717, 1.165) is 48.6 Å². The van der Waals surface area contributed by atoms with Crippen LogP contribution in [0.25, 0.3) is 10.9 Å². The van der Waals surface area contributed by atoms with Crippen molar-refractivity contribution in [1.82, 2.24) is 35.8 Å². The molecule has 0 saturated carbocycles. The molecule has 2 fully saturated rings. The lowest BCUT2D eigenvalue weighted by molar-refractivity contribution is -0.199. The third kappa shape index (κ3) is 26.4. The van der Waals surface area contributed by atoms with E-state index in [1.165, 1.54) is 12.0 Å². The van der Waals surface area contributed by atoms with Gasteiger partial charge in [0, 0.05) is 70.3 Å². The Kier molecular flexibility index (Phi) is 37.5. The second kappa shape index (κ2) is 41.9. The fourth-order valence-corrected chi connectivity index (χ4v) is 10.7. The second-order valence-corrected chi connectivity index (χ2v) is 23.0. The van der Waals surface area contributed by atoms with Crippen molar-refractivity contribution in [2.24, 2.45) is 35.3 Å². The third-order valence-electron chi connectivity index (χ3n) is 16.1. The lowest BCUT2D eigenvalue weighted by Crippen LogP contribution is -2.55. The molecule has 0 aliphatic carbocycles. The van der Waals surface area contributed by atoms with E-state index in [9.17, 15) is 33.6 Å². The molecule has 1 aromatic heterocycles. The number of nitrogens with one attached hydrogen (secondary N) is 4.